The van der Waals surface area contributed by atoms with Crippen molar-refractivity contribution < 1.29 is 23.8 Å². The molecule has 0 aliphatic heterocycles. The van der Waals surface area contributed by atoms with Gasteiger partial charge in [-0.3, -0.25) is 9.59 Å². The van der Waals surface area contributed by atoms with E-state index in [2.05, 4.69) is 42.6 Å². The van der Waals surface area contributed by atoms with E-state index < -0.39 is 6.04 Å². The molecule has 9 nitrogen and oxygen atoms in total. The smallest absolute Gasteiger partial charge is 0.242 e. The van der Waals surface area contributed by atoms with Crippen molar-refractivity contribution in [3.05, 3.63) is 66.9 Å². The van der Waals surface area contributed by atoms with Crippen molar-refractivity contribution in [2.24, 2.45) is 5.73 Å². The average Bonchev–Trinajstić information content (AvgIpc) is 3.68. The maximum atomic E-state index is 13.7. The number of ether oxygens (including phenoxy) is 3. The largest absolute Gasteiger partial charge is 0.489 e. The molecule has 2 aromatic rings. The number of H-pyrrole nitrogens is 1. The number of aromatic nitrogens is 1. The Labute approximate surface area is 384 Å². The minimum Gasteiger partial charge on any atom is -0.489 e. The summed E-state index contributed by atoms with van der Waals surface area (Å²) in [5, 5.41) is 7.05. The van der Waals surface area contributed by atoms with Gasteiger partial charge in [0.1, 0.15) is 18.4 Å². The van der Waals surface area contributed by atoms with Gasteiger partial charge in [0.15, 0.2) is 0 Å². The fourth-order valence-corrected chi connectivity index (χ4v) is 7.96. The Morgan fingerprint density at radius 3 is 1.90 bits per heavy atom. The molecule has 1 unspecified atom stereocenters. The normalized spacial score (nSPS) is 12.5. The fourth-order valence-electron chi connectivity index (χ4n) is 7.96. The molecule has 9 heteroatoms. The number of aromatic amines is 1. The lowest BCUT2D eigenvalue weighted by atomic mass is 10.1. The molecule has 1 aromatic heterocycles. The summed E-state index contributed by atoms with van der Waals surface area (Å²) in [7, 11) is 0. The van der Waals surface area contributed by atoms with Crippen molar-refractivity contribution in [2.45, 2.75) is 206 Å². The van der Waals surface area contributed by atoms with Crippen LogP contribution in [0.4, 0.5) is 0 Å². The second kappa shape index (κ2) is 39.0. The topological polar surface area (TPSA) is 128 Å². The number of allylic oxidation sites excluding steroid dienone is 2. The van der Waals surface area contributed by atoms with Gasteiger partial charge in [0.05, 0.1) is 19.1 Å². The summed E-state index contributed by atoms with van der Waals surface area (Å²) >= 11 is 0. The number of benzene rings is 1. The fraction of sp³-hybridized carbons (Fsp3) is 0.704. The zero-order valence-electron chi connectivity index (χ0n) is 40.3. The van der Waals surface area contributed by atoms with Crippen molar-refractivity contribution in [2.75, 3.05) is 39.5 Å². The van der Waals surface area contributed by atoms with E-state index in [-0.39, 0.29) is 24.3 Å². The molecule has 0 aliphatic rings. The summed E-state index contributed by atoms with van der Waals surface area (Å²) in [6.07, 6.45) is 40.4. The van der Waals surface area contributed by atoms with E-state index in [1.807, 2.05) is 36.5 Å². The highest BCUT2D eigenvalue weighted by Crippen LogP contribution is 2.25. The summed E-state index contributed by atoms with van der Waals surface area (Å²) in [5.74, 6) is 0.258. The number of amides is 2. The van der Waals surface area contributed by atoms with Gasteiger partial charge in [-0.15, -0.1) is 0 Å². The molecule has 2 amide bonds. The third kappa shape index (κ3) is 28.9. The van der Waals surface area contributed by atoms with Gasteiger partial charge in [0.25, 0.3) is 0 Å². The number of fused-ring (bicyclic) bond motifs is 1. The molecule has 2 rings (SSSR count). The van der Waals surface area contributed by atoms with Crippen LogP contribution in [0.25, 0.3) is 10.9 Å². The van der Waals surface area contributed by atoms with E-state index in [1.54, 1.807) is 6.08 Å². The van der Waals surface area contributed by atoms with E-state index in [0.717, 1.165) is 54.1 Å². The third-order valence-electron chi connectivity index (χ3n) is 11.9. The van der Waals surface area contributed by atoms with Crippen LogP contribution in [0.3, 0.4) is 0 Å². The zero-order chi connectivity index (χ0) is 45.4. The lowest BCUT2D eigenvalue weighted by molar-refractivity contribution is -0.129. The highest BCUT2D eigenvalue weighted by atomic mass is 16.5. The number of hydrogen-bond acceptors (Lipinski definition) is 6. The molecule has 0 fully saturated rings. The molecule has 0 aliphatic carbocycles. The van der Waals surface area contributed by atoms with E-state index >= 15 is 0 Å². The van der Waals surface area contributed by atoms with E-state index in [1.165, 1.54) is 135 Å². The maximum absolute atomic E-state index is 13.7. The molecule has 2 atom stereocenters. The van der Waals surface area contributed by atoms with Crippen LogP contribution in [-0.4, -0.2) is 68.5 Å². The molecule has 358 valence electrons. The molecule has 0 saturated carbocycles. The van der Waals surface area contributed by atoms with E-state index in [9.17, 15) is 9.59 Å². The highest BCUT2D eigenvalue weighted by Gasteiger charge is 2.23. The zero-order valence-corrected chi connectivity index (χ0v) is 40.3. The van der Waals surface area contributed by atoms with Gasteiger partial charge < -0.3 is 35.6 Å². The van der Waals surface area contributed by atoms with Crippen molar-refractivity contribution in [3.8, 4) is 5.75 Å². The first-order chi connectivity index (χ1) is 30.9. The molecule has 1 heterocycles. The minimum absolute atomic E-state index is 0.122. The molecular weight excluding hydrogens is 785 g/mol. The summed E-state index contributed by atoms with van der Waals surface area (Å²) < 4.78 is 18.5. The maximum Gasteiger partial charge on any atom is 0.242 e. The highest BCUT2D eigenvalue weighted by molar-refractivity contribution is 5.92. The van der Waals surface area contributed by atoms with Crippen LogP contribution >= 0.6 is 0 Å². The predicted octanol–water partition coefficient (Wildman–Crippen LogP) is 12.9. The Morgan fingerprint density at radius 2 is 1.33 bits per heavy atom. The molecule has 5 N–H and O–H groups in total. The molecular formula is C54H92N4O5. The lowest BCUT2D eigenvalue weighted by Crippen LogP contribution is -2.49. The van der Waals surface area contributed by atoms with Gasteiger partial charge in [-0.1, -0.05) is 186 Å². The molecule has 0 spiro atoms. The van der Waals surface area contributed by atoms with Crippen molar-refractivity contribution in [3.63, 3.8) is 0 Å². The Hall–Kier alpha value is -3.40. The second-order valence-electron chi connectivity index (χ2n) is 17.7. The summed E-state index contributed by atoms with van der Waals surface area (Å²) in [5.41, 5.74) is 8.37. The monoisotopic (exact) mass is 877 g/mol. The van der Waals surface area contributed by atoms with Gasteiger partial charge in [-0.2, -0.15) is 0 Å². The van der Waals surface area contributed by atoms with Crippen LogP contribution in [0, 0.1) is 0 Å². The average molecular weight is 877 g/mol. The Morgan fingerprint density at radius 1 is 0.762 bits per heavy atom. The van der Waals surface area contributed by atoms with Gasteiger partial charge >= 0.3 is 0 Å². The summed E-state index contributed by atoms with van der Waals surface area (Å²) in [6.45, 7) is 15.2. The van der Waals surface area contributed by atoms with Gasteiger partial charge in [0, 0.05) is 36.9 Å². The van der Waals surface area contributed by atoms with Crippen molar-refractivity contribution in [1.29, 1.82) is 0 Å². The molecule has 0 radical (unpaired) electrons. The standard InChI is InChI=1S/C54H92N4O5/c1-5-8-11-13-15-17-19-21-23-25-27-31-38-61-45-49(62-39-32-28-26-24-22-20-18-16-14-12-9-6-2)43-57-54(60)52(34-29-30-37-55)58-53(59)40-47-42-56-51-36-35-48(41-50(47)51)63-44-46(4)33-10-7-3/h7,10,33,35-36,41-42,49,52,56H,3-6,8-9,11-32,34,37-40,43-45,55H2,1-2H3,(H,57,60)(H,58,59)/b33-10-/t49?,52-/m0/s1. The number of carbonyl (C=O) groups excluding carboxylic acids is 2. The third-order valence-corrected chi connectivity index (χ3v) is 11.9. The summed E-state index contributed by atoms with van der Waals surface area (Å²) in [6, 6.07) is 5.09. The van der Waals surface area contributed by atoms with Gasteiger partial charge in [-0.05, 0) is 68.0 Å². The minimum atomic E-state index is -0.679. The van der Waals surface area contributed by atoms with Crippen LogP contribution < -0.4 is 21.1 Å². The Kier molecular flexibility index (Phi) is 34.5. The molecule has 1 aromatic carbocycles. The summed E-state index contributed by atoms with van der Waals surface area (Å²) in [4.78, 5) is 30.5. The number of rotatable bonds is 44. The SMILES string of the molecule is C=C/C=C\C(=C)COc1ccc2[nH]cc(CC(=O)N[C@@H](CCCCN)C(=O)NCC(COCCCCCCCCCCCCCC)OCCCCCCCCCCCCCC)c2c1. The van der Waals surface area contributed by atoms with Gasteiger partial charge in [-0.25, -0.2) is 0 Å². The quantitative estimate of drug-likeness (QED) is 0.0388. The van der Waals surface area contributed by atoms with E-state index in [4.69, 9.17) is 19.9 Å². The number of carbonyl (C=O) groups is 2. The number of nitrogens with two attached hydrogens (primary N) is 1. The Bertz CT molecular complexity index is 1490. The predicted molar refractivity (Wildman–Crippen MR) is 267 cm³/mol. The lowest BCUT2D eigenvalue weighted by Gasteiger charge is -2.22. The van der Waals surface area contributed by atoms with Gasteiger partial charge in [0.2, 0.25) is 11.8 Å². The van der Waals surface area contributed by atoms with E-state index in [0.29, 0.717) is 51.7 Å². The van der Waals surface area contributed by atoms with Crippen LogP contribution in [0.15, 0.2) is 61.4 Å². The van der Waals surface area contributed by atoms with Crippen LogP contribution in [-0.2, 0) is 25.5 Å². The Balaban J connectivity index is 1.88. The first-order valence-corrected chi connectivity index (χ1v) is 25.6. The molecule has 0 bridgehead atoms. The molecule has 63 heavy (non-hydrogen) atoms. The van der Waals surface area contributed by atoms with Crippen LogP contribution in [0.5, 0.6) is 5.75 Å². The van der Waals surface area contributed by atoms with Crippen molar-refractivity contribution in [1.82, 2.24) is 15.6 Å². The van der Waals surface area contributed by atoms with Crippen LogP contribution in [0.1, 0.15) is 193 Å². The first kappa shape index (κ1) is 55.7. The first-order valence-electron chi connectivity index (χ1n) is 25.6. The number of hydrogen-bond donors (Lipinski definition) is 4. The van der Waals surface area contributed by atoms with Crippen LogP contribution in [0.2, 0.25) is 0 Å². The molecule has 0 saturated heterocycles. The number of nitrogens with one attached hydrogen (secondary N) is 3. The number of unbranched alkanes of at least 4 members (excludes halogenated alkanes) is 23. The van der Waals surface area contributed by atoms with Crippen molar-refractivity contribution >= 4 is 22.7 Å². The second-order valence-corrected chi connectivity index (χ2v) is 17.7.